The Morgan fingerprint density at radius 3 is 2.69 bits per heavy atom. The maximum atomic E-state index is 13.6. The van der Waals surface area contributed by atoms with Crippen LogP contribution in [0.5, 0.6) is 11.5 Å². The number of aromatic nitrogens is 1. The summed E-state index contributed by atoms with van der Waals surface area (Å²) >= 11 is 1.33. The molecular weight excluding hydrogens is 464 g/mol. The molecule has 0 saturated carbocycles. The number of para-hydroxylation sites is 1. The van der Waals surface area contributed by atoms with Gasteiger partial charge in [-0.3, -0.25) is 14.5 Å². The molecule has 2 aromatic heterocycles. The molecule has 0 N–H and O–H groups in total. The van der Waals surface area contributed by atoms with Crippen molar-refractivity contribution >= 4 is 33.3 Å². The highest BCUT2D eigenvalue weighted by atomic mass is 32.1. The SMILES string of the molecule is CCOc1cc([C@@H]2c3c(oc4ccccc4c3=O)C(=O)N2c2nccs2)ccc1OCCC(C)C. The second kappa shape index (κ2) is 9.54. The molecule has 1 aliphatic heterocycles. The highest BCUT2D eigenvalue weighted by molar-refractivity contribution is 7.13. The van der Waals surface area contributed by atoms with Crippen LogP contribution in [0.3, 0.4) is 0 Å². The fraction of sp³-hybridized carbons (Fsp3) is 0.296. The van der Waals surface area contributed by atoms with Gasteiger partial charge in [0.05, 0.1) is 30.2 Å². The monoisotopic (exact) mass is 490 g/mol. The summed E-state index contributed by atoms with van der Waals surface area (Å²) in [6.45, 7) is 7.22. The van der Waals surface area contributed by atoms with Crippen molar-refractivity contribution in [3.05, 3.63) is 81.2 Å². The van der Waals surface area contributed by atoms with Crippen LogP contribution in [0.4, 0.5) is 5.13 Å². The van der Waals surface area contributed by atoms with Crippen LogP contribution in [0.1, 0.15) is 54.9 Å². The Hall–Kier alpha value is -3.65. The van der Waals surface area contributed by atoms with Crippen molar-refractivity contribution in [2.45, 2.75) is 33.2 Å². The zero-order valence-electron chi connectivity index (χ0n) is 19.8. The molecule has 7 nitrogen and oxygen atoms in total. The van der Waals surface area contributed by atoms with Gasteiger partial charge in [-0.05, 0) is 49.1 Å². The molecule has 8 heteroatoms. The van der Waals surface area contributed by atoms with Gasteiger partial charge in [0.15, 0.2) is 22.1 Å². The fourth-order valence-corrected chi connectivity index (χ4v) is 4.92. The number of ether oxygens (including phenoxy) is 2. The van der Waals surface area contributed by atoms with Gasteiger partial charge in [-0.2, -0.15) is 0 Å². The third-order valence-electron chi connectivity index (χ3n) is 5.94. The molecule has 0 aliphatic carbocycles. The van der Waals surface area contributed by atoms with Gasteiger partial charge in [0.2, 0.25) is 5.76 Å². The highest BCUT2D eigenvalue weighted by Crippen LogP contribution is 2.43. The maximum absolute atomic E-state index is 13.6. The largest absolute Gasteiger partial charge is 0.490 e. The number of carbonyl (C=O) groups excluding carboxylic acids is 1. The van der Waals surface area contributed by atoms with Gasteiger partial charge >= 0.3 is 0 Å². The number of anilines is 1. The predicted molar refractivity (Wildman–Crippen MR) is 136 cm³/mol. The molecule has 0 unspecified atom stereocenters. The van der Waals surface area contributed by atoms with Crippen molar-refractivity contribution in [1.29, 1.82) is 0 Å². The zero-order chi connectivity index (χ0) is 24.5. The molecule has 180 valence electrons. The Balaban J connectivity index is 1.66. The van der Waals surface area contributed by atoms with Crippen molar-refractivity contribution in [2.24, 2.45) is 5.92 Å². The van der Waals surface area contributed by atoms with E-state index >= 15 is 0 Å². The molecule has 3 heterocycles. The number of rotatable bonds is 8. The first-order valence-electron chi connectivity index (χ1n) is 11.7. The summed E-state index contributed by atoms with van der Waals surface area (Å²) in [6, 6.07) is 11.8. The maximum Gasteiger partial charge on any atom is 0.297 e. The zero-order valence-corrected chi connectivity index (χ0v) is 20.6. The summed E-state index contributed by atoms with van der Waals surface area (Å²) in [6.07, 6.45) is 2.56. The van der Waals surface area contributed by atoms with Gasteiger partial charge in [-0.1, -0.05) is 32.0 Å². The van der Waals surface area contributed by atoms with Crippen molar-refractivity contribution in [3.8, 4) is 11.5 Å². The molecule has 5 rings (SSSR count). The summed E-state index contributed by atoms with van der Waals surface area (Å²) in [5.74, 6) is 1.37. The summed E-state index contributed by atoms with van der Waals surface area (Å²) in [5, 5.41) is 2.72. The van der Waals surface area contributed by atoms with E-state index in [2.05, 4.69) is 18.8 Å². The van der Waals surface area contributed by atoms with Gasteiger partial charge < -0.3 is 13.9 Å². The Morgan fingerprint density at radius 2 is 1.94 bits per heavy atom. The number of carbonyl (C=O) groups is 1. The van der Waals surface area contributed by atoms with Gasteiger partial charge in [0.1, 0.15) is 5.58 Å². The average Bonchev–Trinajstić information content (AvgIpc) is 3.47. The van der Waals surface area contributed by atoms with Crippen LogP contribution >= 0.6 is 11.3 Å². The lowest BCUT2D eigenvalue weighted by Crippen LogP contribution is -2.29. The Labute approximate surface area is 206 Å². The molecule has 0 spiro atoms. The molecule has 1 aliphatic rings. The molecule has 0 fully saturated rings. The normalized spacial score (nSPS) is 15.1. The summed E-state index contributed by atoms with van der Waals surface area (Å²) in [7, 11) is 0. The first kappa shape index (κ1) is 23.1. The number of thiazole rings is 1. The minimum atomic E-state index is -0.701. The van der Waals surface area contributed by atoms with E-state index < -0.39 is 11.9 Å². The van der Waals surface area contributed by atoms with Crippen LogP contribution in [-0.2, 0) is 0 Å². The minimum Gasteiger partial charge on any atom is -0.490 e. The van der Waals surface area contributed by atoms with Gasteiger partial charge in [0.25, 0.3) is 5.91 Å². The highest BCUT2D eigenvalue weighted by Gasteiger charge is 2.45. The van der Waals surface area contributed by atoms with Crippen molar-refractivity contribution in [1.82, 2.24) is 4.98 Å². The lowest BCUT2D eigenvalue weighted by atomic mass is 9.98. The molecule has 0 radical (unpaired) electrons. The first-order chi connectivity index (χ1) is 17.0. The number of benzene rings is 2. The van der Waals surface area contributed by atoms with E-state index in [4.69, 9.17) is 13.9 Å². The second-order valence-corrected chi connectivity index (χ2v) is 9.61. The van der Waals surface area contributed by atoms with Crippen molar-refractivity contribution in [3.63, 3.8) is 0 Å². The Morgan fingerprint density at radius 1 is 1.11 bits per heavy atom. The van der Waals surface area contributed by atoms with Gasteiger partial charge in [-0.15, -0.1) is 11.3 Å². The molecule has 1 amide bonds. The summed E-state index contributed by atoms with van der Waals surface area (Å²) in [5.41, 5.74) is 1.18. The van der Waals surface area contributed by atoms with Crippen LogP contribution in [0.15, 0.2) is 63.3 Å². The number of hydrogen-bond acceptors (Lipinski definition) is 7. The molecule has 0 bridgehead atoms. The number of hydrogen-bond donors (Lipinski definition) is 0. The van der Waals surface area contributed by atoms with E-state index in [1.165, 1.54) is 16.2 Å². The number of nitrogens with zero attached hydrogens (tertiary/aromatic N) is 2. The molecular formula is C27H26N2O5S. The van der Waals surface area contributed by atoms with E-state index in [1.807, 2.05) is 25.1 Å². The van der Waals surface area contributed by atoms with E-state index in [0.717, 1.165) is 12.0 Å². The van der Waals surface area contributed by atoms with Gasteiger partial charge in [0, 0.05) is 11.6 Å². The van der Waals surface area contributed by atoms with E-state index in [0.29, 0.717) is 52.3 Å². The number of amides is 1. The average molecular weight is 491 g/mol. The molecule has 35 heavy (non-hydrogen) atoms. The Kier molecular flexibility index (Phi) is 6.30. The van der Waals surface area contributed by atoms with Crippen molar-refractivity contribution < 1.29 is 18.7 Å². The molecule has 0 saturated heterocycles. The summed E-state index contributed by atoms with van der Waals surface area (Å²) in [4.78, 5) is 33.1. The lowest BCUT2D eigenvalue weighted by Gasteiger charge is -2.23. The summed E-state index contributed by atoms with van der Waals surface area (Å²) < 4.78 is 17.9. The van der Waals surface area contributed by atoms with E-state index in [-0.39, 0.29) is 11.2 Å². The quantitative estimate of drug-likeness (QED) is 0.309. The van der Waals surface area contributed by atoms with E-state index in [1.54, 1.807) is 35.8 Å². The topological polar surface area (TPSA) is 81.9 Å². The van der Waals surface area contributed by atoms with E-state index in [9.17, 15) is 9.59 Å². The minimum absolute atomic E-state index is 0.0455. The van der Waals surface area contributed by atoms with Crippen LogP contribution in [0, 0.1) is 5.92 Å². The first-order valence-corrected chi connectivity index (χ1v) is 12.6. The second-order valence-electron chi connectivity index (χ2n) is 8.73. The third-order valence-corrected chi connectivity index (χ3v) is 6.71. The van der Waals surface area contributed by atoms with Crippen LogP contribution in [-0.4, -0.2) is 24.1 Å². The molecule has 4 aromatic rings. The van der Waals surface area contributed by atoms with Gasteiger partial charge in [-0.25, -0.2) is 4.98 Å². The fourth-order valence-electron chi connectivity index (χ4n) is 4.25. The third kappa shape index (κ3) is 4.18. The number of fused-ring (bicyclic) bond motifs is 2. The standard InChI is InChI=1S/C27H26N2O5S/c1-4-32-21-15-17(9-10-20(21)33-13-11-16(2)3)23-22-24(30)18-7-5-6-8-19(18)34-25(22)26(31)29(23)27-28-12-14-35-27/h5-10,12,14-16,23H,4,11,13H2,1-3H3/t23-/m1/s1. The van der Waals surface area contributed by atoms with Crippen LogP contribution in [0.2, 0.25) is 0 Å². The molecule has 1 atom stereocenters. The predicted octanol–water partition coefficient (Wildman–Crippen LogP) is 5.82. The van der Waals surface area contributed by atoms with Crippen LogP contribution in [0.25, 0.3) is 11.0 Å². The molecule has 2 aromatic carbocycles. The smallest absolute Gasteiger partial charge is 0.297 e. The van der Waals surface area contributed by atoms with Crippen LogP contribution < -0.4 is 19.8 Å². The lowest BCUT2D eigenvalue weighted by molar-refractivity contribution is 0.0971. The Bertz CT molecular complexity index is 1430. The van der Waals surface area contributed by atoms with Crippen molar-refractivity contribution in [2.75, 3.05) is 18.1 Å².